The molecule has 0 amide bonds. The number of hydrogen-bond donors (Lipinski definition) is 2. The average Bonchev–Trinajstić information content (AvgIpc) is 2.21. The number of nitrogens with one attached hydrogen (secondary N) is 2. The van der Waals surface area contributed by atoms with Crippen LogP contribution in [0.15, 0.2) is 48.1 Å². The summed E-state index contributed by atoms with van der Waals surface area (Å²) in [6.07, 6.45) is 6.76. The first-order valence-corrected chi connectivity index (χ1v) is 4.51. The lowest BCUT2D eigenvalue weighted by Crippen LogP contribution is -2.12. The lowest BCUT2D eigenvalue weighted by molar-refractivity contribution is 0.897. The first kappa shape index (κ1) is 12.6. The number of hydrogen-bond acceptors (Lipinski definition) is 2. The third kappa shape index (κ3) is 3.54. The summed E-state index contributed by atoms with van der Waals surface area (Å²) in [4.78, 5) is 0. The van der Waals surface area contributed by atoms with E-state index in [1.807, 2.05) is 20.0 Å². The van der Waals surface area contributed by atoms with E-state index in [2.05, 4.69) is 18.5 Å². The molecule has 0 radical (unpaired) electrons. The Hall–Kier alpha value is -1.41. The zero-order valence-electron chi connectivity index (χ0n) is 8.93. The minimum atomic E-state index is 0.692. The zero-order valence-corrected chi connectivity index (χ0v) is 8.93. The van der Waals surface area contributed by atoms with Gasteiger partial charge >= 0.3 is 0 Å². The minimum Gasteiger partial charge on any atom is -0.316 e. The quantitative estimate of drug-likeness (QED) is 0.490. The molecule has 76 valence electrons. The Morgan fingerprint density at radius 3 is 2.43 bits per heavy atom. The molecule has 0 bridgehead atoms. The fraction of sp³-hybridized carbons (Fsp3) is 0.250. The molecule has 0 aliphatic heterocycles. The van der Waals surface area contributed by atoms with Crippen molar-refractivity contribution in [1.29, 1.82) is 5.41 Å². The van der Waals surface area contributed by atoms with Crippen LogP contribution in [0.2, 0.25) is 0 Å². The summed E-state index contributed by atoms with van der Waals surface area (Å²) in [5.41, 5.74) is 3.03. The monoisotopic (exact) mass is 190 g/mol. The van der Waals surface area contributed by atoms with Gasteiger partial charge in [0.05, 0.1) is 0 Å². The van der Waals surface area contributed by atoms with E-state index in [0.29, 0.717) is 6.54 Å². The van der Waals surface area contributed by atoms with E-state index in [9.17, 15) is 0 Å². The highest BCUT2D eigenvalue weighted by molar-refractivity contribution is 5.79. The summed E-state index contributed by atoms with van der Waals surface area (Å²) in [7, 11) is 1.86. The maximum absolute atomic E-state index is 7.28. The first-order valence-electron chi connectivity index (χ1n) is 4.51. The second kappa shape index (κ2) is 7.04. The lowest BCUT2D eigenvalue weighted by atomic mass is 10.0. The van der Waals surface area contributed by atoms with Gasteiger partial charge in [-0.25, -0.2) is 0 Å². The largest absolute Gasteiger partial charge is 0.316 e. The fourth-order valence-corrected chi connectivity index (χ4v) is 1.14. The Morgan fingerprint density at radius 2 is 2.07 bits per heavy atom. The Morgan fingerprint density at radius 1 is 1.43 bits per heavy atom. The van der Waals surface area contributed by atoms with Crippen molar-refractivity contribution in [2.45, 2.75) is 6.92 Å². The molecule has 0 aromatic carbocycles. The van der Waals surface area contributed by atoms with Gasteiger partial charge in [0.1, 0.15) is 0 Å². The molecule has 0 unspecified atom stereocenters. The zero-order chi connectivity index (χ0) is 11.0. The minimum absolute atomic E-state index is 0.692. The maximum Gasteiger partial charge on any atom is 0.0225 e. The standard InChI is InChI=1S/C12H18N2/c1-5-7-11(6-2)10(3)12(8-13)9-14-4/h5-8,13-14H,1-2,9H2,3-4H3/b11-7+,12-10-,13-8?. The van der Waals surface area contributed by atoms with E-state index < -0.39 is 0 Å². The summed E-state index contributed by atoms with van der Waals surface area (Å²) in [5.74, 6) is 0. The molecule has 2 nitrogen and oxygen atoms in total. The molecule has 14 heavy (non-hydrogen) atoms. The van der Waals surface area contributed by atoms with Crippen molar-refractivity contribution < 1.29 is 0 Å². The summed E-state index contributed by atoms with van der Waals surface area (Å²) in [5, 5.41) is 10.3. The molecule has 0 aliphatic rings. The van der Waals surface area contributed by atoms with Gasteiger partial charge in [-0.15, -0.1) is 0 Å². The first-order chi connectivity index (χ1) is 6.71. The van der Waals surface area contributed by atoms with Crippen molar-refractivity contribution in [3.63, 3.8) is 0 Å². The molecule has 0 spiro atoms. The van der Waals surface area contributed by atoms with Crippen molar-refractivity contribution in [2.24, 2.45) is 0 Å². The third-order valence-corrected chi connectivity index (χ3v) is 1.97. The Bertz CT molecular complexity index is 283. The van der Waals surface area contributed by atoms with Crippen molar-refractivity contribution in [1.82, 2.24) is 5.32 Å². The Labute approximate surface area is 86.2 Å². The van der Waals surface area contributed by atoms with Gasteiger partial charge in [-0.3, -0.25) is 0 Å². The SMILES string of the molecule is C=C/C=C(C=C)/C(C)=C(/C=N)CNC. The molecule has 0 aromatic heterocycles. The van der Waals surface area contributed by atoms with E-state index in [1.165, 1.54) is 6.21 Å². The highest BCUT2D eigenvalue weighted by atomic mass is 14.8. The highest BCUT2D eigenvalue weighted by Gasteiger charge is 2.01. The topological polar surface area (TPSA) is 35.9 Å². The van der Waals surface area contributed by atoms with Crippen molar-refractivity contribution in [2.75, 3.05) is 13.6 Å². The maximum atomic E-state index is 7.28. The Balaban J connectivity index is 5.08. The van der Waals surface area contributed by atoms with Crippen molar-refractivity contribution in [3.05, 3.63) is 48.1 Å². The van der Waals surface area contributed by atoms with Gasteiger partial charge in [0.15, 0.2) is 0 Å². The molecule has 2 N–H and O–H groups in total. The van der Waals surface area contributed by atoms with E-state index >= 15 is 0 Å². The van der Waals surface area contributed by atoms with Gasteiger partial charge in [-0.1, -0.05) is 31.4 Å². The highest BCUT2D eigenvalue weighted by Crippen LogP contribution is 2.14. The van der Waals surface area contributed by atoms with Gasteiger partial charge in [0.25, 0.3) is 0 Å². The van der Waals surface area contributed by atoms with Gasteiger partial charge in [0, 0.05) is 12.8 Å². The molecule has 0 heterocycles. The van der Waals surface area contributed by atoms with E-state index in [1.54, 1.807) is 12.2 Å². The molecular formula is C12H18N2. The van der Waals surface area contributed by atoms with E-state index in [4.69, 9.17) is 5.41 Å². The van der Waals surface area contributed by atoms with Crippen LogP contribution in [0.3, 0.4) is 0 Å². The van der Waals surface area contributed by atoms with Gasteiger partial charge in [0.2, 0.25) is 0 Å². The molecule has 0 saturated carbocycles. The molecule has 0 saturated heterocycles. The molecule has 0 atom stereocenters. The lowest BCUT2D eigenvalue weighted by Gasteiger charge is -2.07. The fourth-order valence-electron chi connectivity index (χ4n) is 1.14. The normalized spacial score (nSPS) is 13.1. The van der Waals surface area contributed by atoms with Crippen LogP contribution in [0.4, 0.5) is 0 Å². The van der Waals surface area contributed by atoms with Gasteiger partial charge in [-0.05, 0) is 30.7 Å². The second-order valence-corrected chi connectivity index (χ2v) is 2.89. The van der Waals surface area contributed by atoms with Crippen LogP contribution in [-0.2, 0) is 0 Å². The molecule has 2 heteroatoms. The van der Waals surface area contributed by atoms with Gasteiger partial charge in [-0.2, -0.15) is 0 Å². The number of rotatable bonds is 6. The molecule has 0 aromatic rings. The van der Waals surface area contributed by atoms with Crippen LogP contribution in [0, 0.1) is 5.41 Å². The van der Waals surface area contributed by atoms with E-state index in [-0.39, 0.29) is 0 Å². The number of allylic oxidation sites excluding steroid dienone is 5. The Kier molecular flexibility index (Phi) is 6.33. The predicted octanol–water partition coefficient (Wildman–Crippen LogP) is 2.47. The van der Waals surface area contributed by atoms with Crippen LogP contribution >= 0.6 is 0 Å². The summed E-state index contributed by atoms with van der Waals surface area (Å²) >= 11 is 0. The molecule has 0 rings (SSSR count). The summed E-state index contributed by atoms with van der Waals surface area (Å²) < 4.78 is 0. The summed E-state index contributed by atoms with van der Waals surface area (Å²) in [6.45, 7) is 10.0. The van der Waals surface area contributed by atoms with Crippen LogP contribution in [0.25, 0.3) is 0 Å². The third-order valence-electron chi connectivity index (χ3n) is 1.97. The van der Waals surface area contributed by atoms with E-state index in [0.717, 1.165) is 16.7 Å². The van der Waals surface area contributed by atoms with Crippen LogP contribution in [0.1, 0.15) is 6.92 Å². The summed E-state index contributed by atoms with van der Waals surface area (Å²) in [6, 6.07) is 0. The van der Waals surface area contributed by atoms with Crippen LogP contribution in [0.5, 0.6) is 0 Å². The van der Waals surface area contributed by atoms with Gasteiger partial charge < -0.3 is 10.7 Å². The molecular weight excluding hydrogens is 172 g/mol. The molecule has 0 fully saturated rings. The average molecular weight is 190 g/mol. The smallest absolute Gasteiger partial charge is 0.0225 e. The number of likely N-dealkylation sites (N-methyl/N-ethyl adjacent to an activating group) is 1. The van der Waals surface area contributed by atoms with Crippen molar-refractivity contribution >= 4 is 6.21 Å². The van der Waals surface area contributed by atoms with Crippen LogP contribution in [-0.4, -0.2) is 19.8 Å². The molecule has 0 aliphatic carbocycles. The van der Waals surface area contributed by atoms with Crippen molar-refractivity contribution in [3.8, 4) is 0 Å². The van der Waals surface area contributed by atoms with Crippen LogP contribution < -0.4 is 5.32 Å². The predicted molar refractivity (Wildman–Crippen MR) is 63.9 cm³/mol. The second-order valence-electron chi connectivity index (χ2n) is 2.89.